The molecule has 0 aliphatic rings. The number of anilines is 1. The summed E-state index contributed by atoms with van der Waals surface area (Å²) in [7, 11) is 0. The first-order chi connectivity index (χ1) is 15.9. The minimum atomic E-state index is -0.904. The highest BCUT2D eigenvalue weighted by molar-refractivity contribution is 9.10. The second-order valence-corrected chi connectivity index (χ2v) is 8.49. The van der Waals surface area contributed by atoms with Crippen LogP contribution in [0.1, 0.15) is 16.1 Å². The lowest BCUT2D eigenvalue weighted by molar-refractivity contribution is -0.136. The van der Waals surface area contributed by atoms with Gasteiger partial charge < -0.3 is 10.6 Å². The molecule has 33 heavy (non-hydrogen) atoms. The Hall–Kier alpha value is -3.62. The summed E-state index contributed by atoms with van der Waals surface area (Å²) in [6.07, 6.45) is 0. The van der Waals surface area contributed by atoms with E-state index in [1.54, 1.807) is 66.7 Å². The van der Waals surface area contributed by atoms with Gasteiger partial charge in [0.1, 0.15) is 5.69 Å². The molecule has 3 N–H and O–H groups in total. The van der Waals surface area contributed by atoms with Crippen molar-refractivity contribution in [3.05, 3.63) is 99.6 Å². The highest BCUT2D eigenvalue weighted by atomic mass is 79.9. The van der Waals surface area contributed by atoms with Crippen molar-refractivity contribution in [2.75, 3.05) is 10.7 Å². The molecule has 0 aliphatic heterocycles. The summed E-state index contributed by atoms with van der Waals surface area (Å²) in [5.41, 5.74) is 4.67. The molecular formula is C24H18BrClN4O3. The highest BCUT2D eigenvalue weighted by Gasteiger charge is 2.21. The topological polar surface area (TPSA) is 92.2 Å². The molecule has 0 bridgehead atoms. The fraction of sp³-hybridized carbons (Fsp3) is 0.0417. The molecule has 3 aromatic carbocycles. The average molecular weight is 526 g/mol. The van der Waals surface area contributed by atoms with Crippen LogP contribution in [0.5, 0.6) is 0 Å². The number of aromatic nitrogens is 1. The molecule has 0 atom stereocenters. The third-order valence-corrected chi connectivity index (χ3v) is 5.56. The van der Waals surface area contributed by atoms with E-state index in [0.717, 1.165) is 10.0 Å². The van der Waals surface area contributed by atoms with E-state index in [2.05, 4.69) is 32.0 Å². The van der Waals surface area contributed by atoms with Crippen molar-refractivity contribution in [1.29, 1.82) is 0 Å². The number of nitrogens with one attached hydrogen (secondary N) is 3. The molecule has 0 saturated heterocycles. The molecule has 0 unspecified atom stereocenters. The molecule has 0 radical (unpaired) electrons. The second kappa shape index (κ2) is 9.89. The summed E-state index contributed by atoms with van der Waals surface area (Å²) in [6, 6.07) is 22.8. The number of nitrogens with zero attached hydrogens (tertiary/aromatic N) is 1. The summed E-state index contributed by atoms with van der Waals surface area (Å²) < 4.78 is 2.12. The van der Waals surface area contributed by atoms with E-state index in [1.807, 2.05) is 12.1 Å². The number of rotatable bonds is 5. The van der Waals surface area contributed by atoms with Crippen molar-refractivity contribution in [2.45, 2.75) is 6.54 Å². The fourth-order valence-corrected chi connectivity index (χ4v) is 3.71. The van der Waals surface area contributed by atoms with Crippen LogP contribution in [-0.4, -0.2) is 22.4 Å². The number of carbonyl (C=O) groups excluding carboxylic acids is 3. The maximum atomic E-state index is 13.0. The van der Waals surface area contributed by atoms with Gasteiger partial charge >= 0.3 is 11.8 Å². The number of benzene rings is 3. The minimum absolute atomic E-state index is 0.157. The van der Waals surface area contributed by atoms with Crippen LogP contribution >= 0.6 is 27.5 Å². The van der Waals surface area contributed by atoms with E-state index < -0.39 is 17.7 Å². The average Bonchev–Trinajstić information content (AvgIpc) is 3.16. The smallest absolute Gasteiger partial charge is 0.328 e. The van der Waals surface area contributed by atoms with Crippen LogP contribution in [0.15, 0.2) is 83.3 Å². The number of fused-ring (bicyclic) bond motifs is 1. The zero-order valence-electron chi connectivity index (χ0n) is 17.1. The molecule has 7 nitrogen and oxygen atoms in total. The van der Waals surface area contributed by atoms with E-state index in [1.165, 1.54) is 4.68 Å². The van der Waals surface area contributed by atoms with Crippen molar-refractivity contribution in [3.8, 4) is 0 Å². The molecule has 0 saturated carbocycles. The number of hydrogen-bond acceptors (Lipinski definition) is 3. The summed E-state index contributed by atoms with van der Waals surface area (Å²) in [5, 5.41) is 6.65. The first kappa shape index (κ1) is 22.6. The lowest BCUT2D eigenvalue weighted by Crippen LogP contribution is -2.39. The van der Waals surface area contributed by atoms with Gasteiger partial charge in [-0.1, -0.05) is 57.9 Å². The van der Waals surface area contributed by atoms with Crippen LogP contribution in [-0.2, 0) is 16.1 Å². The minimum Gasteiger partial charge on any atom is -0.344 e. The molecular weight excluding hydrogens is 508 g/mol. The lowest BCUT2D eigenvalue weighted by Gasteiger charge is -2.13. The summed E-state index contributed by atoms with van der Waals surface area (Å²) in [4.78, 5) is 38.0. The third-order valence-electron chi connectivity index (χ3n) is 4.81. The Balaban J connectivity index is 1.55. The van der Waals surface area contributed by atoms with Crippen molar-refractivity contribution in [2.24, 2.45) is 0 Å². The number of para-hydroxylation sites is 1. The summed E-state index contributed by atoms with van der Waals surface area (Å²) in [6.45, 7) is 0.157. The molecule has 1 heterocycles. The van der Waals surface area contributed by atoms with Gasteiger partial charge in [-0.15, -0.1) is 0 Å². The van der Waals surface area contributed by atoms with Crippen LogP contribution < -0.4 is 16.1 Å². The van der Waals surface area contributed by atoms with Crippen LogP contribution in [0.3, 0.4) is 0 Å². The first-order valence-corrected chi connectivity index (χ1v) is 11.1. The van der Waals surface area contributed by atoms with Crippen molar-refractivity contribution in [1.82, 2.24) is 9.99 Å². The SMILES string of the molecule is O=C(NCc1ccc(Cl)cc1)C(=O)Nn1c(C(=O)Nc2ccccc2)cc2cc(Br)ccc21. The van der Waals surface area contributed by atoms with Crippen molar-refractivity contribution >= 4 is 61.8 Å². The van der Waals surface area contributed by atoms with E-state index in [9.17, 15) is 14.4 Å². The van der Waals surface area contributed by atoms with Gasteiger partial charge in [0.25, 0.3) is 5.91 Å². The fourth-order valence-electron chi connectivity index (χ4n) is 3.21. The van der Waals surface area contributed by atoms with Gasteiger partial charge in [0.05, 0.1) is 5.52 Å². The van der Waals surface area contributed by atoms with Gasteiger partial charge in [-0.3, -0.25) is 19.8 Å². The van der Waals surface area contributed by atoms with Crippen LogP contribution in [0.2, 0.25) is 5.02 Å². The highest BCUT2D eigenvalue weighted by Crippen LogP contribution is 2.24. The summed E-state index contributed by atoms with van der Waals surface area (Å²) in [5.74, 6) is -2.17. The third kappa shape index (κ3) is 5.42. The normalized spacial score (nSPS) is 10.6. The Morgan fingerprint density at radius 3 is 2.33 bits per heavy atom. The number of hydrogen-bond donors (Lipinski definition) is 3. The Morgan fingerprint density at radius 2 is 1.61 bits per heavy atom. The Morgan fingerprint density at radius 1 is 0.879 bits per heavy atom. The van der Waals surface area contributed by atoms with Gasteiger partial charge in [-0.05, 0) is 54.1 Å². The predicted octanol–water partition coefficient (Wildman–Crippen LogP) is 4.70. The first-order valence-electron chi connectivity index (χ1n) is 9.92. The maximum absolute atomic E-state index is 13.0. The predicted molar refractivity (Wildman–Crippen MR) is 132 cm³/mol. The number of amides is 3. The molecule has 0 spiro atoms. The number of halogens is 2. The number of carbonyl (C=O) groups is 3. The van der Waals surface area contributed by atoms with Crippen LogP contribution in [0, 0.1) is 0 Å². The van der Waals surface area contributed by atoms with Gasteiger partial charge in [0, 0.05) is 27.1 Å². The largest absolute Gasteiger partial charge is 0.344 e. The van der Waals surface area contributed by atoms with E-state index >= 15 is 0 Å². The lowest BCUT2D eigenvalue weighted by atomic mass is 10.2. The standard InChI is InChI=1S/C24H18BrClN4O3/c25-17-8-11-20-16(12-17)13-21(22(31)28-19-4-2-1-3-5-19)30(20)29-24(33)23(32)27-14-15-6-9-18(26)10-7-15/h1-13H,14H2,(H,27,32)(H,28,31)(H,29,33). The zero-order valence-corrected chi connectivity index (χ0v) is 19.5. The Labute approximate surface area is 202 Å². The van der Waals surface area contributed by atoms with E-state index in [0.29, 0.717) is 21.6 Å². The van der Waals surface area contributed by atoms with Crippen LogP contribution in [0.25, 0.3) is 10.9 Å². The molecule has 166 valence electrons. The molecule has 4 aromatic rings. The van der Waals surface area contributed by atoms with Gasteiger partial charge in [-0.2, -0.15) is 0 Å². The Bertz CT molecular complexity index is 1340. The summed E-state index contributed by atoms with van der Waals surface area (Å²) >= 11 is 9.27. The zero-order chi connectivity index (χ0) is 23.4. The maximum Gasteiger partial charge on any atom is 0.328 e. The van der Waals surface area contributed by atoms with Gasteiger partial charge in [0.2, 0.25) is 0 Å². The van der Waals surface area contributed by atoms with Gasteiger partial charge in [0.15, 0.2) is 0 Å². The molecule has 0 fully saturated rings. The van der Waals surface area contributed by atoms with E-state index in [4.69, 9.17) is 11.6 Å². The quantitative estimate of drug-likeness (QED) is 0.330. The van der Waals surface area contributed by atoms with Crippen molar-refractivity contribution < 1.29 is 14.4 Å². The molecule has 1 aromatic heterocycles. The Kier molecular flexibility index (Phi) is 6.76. The van der Waals surface area contributed by atoms with E-state index in [-0.39, 0.29) is 12.2 Å². The molecule has 4 rings (SSSR count). The van der Waals surface area contributed by atoms with Gasteiger partial charge in [-0.25, -0.2) is 4.68 Å². The van der Waals surface area contributed by atoms with Crippen LogP contribution in [0.4, 0.5) is 5.69 Å². The van der Waals surface area contributed by atoms with Crippen molar-refractivity contribution in [3.63, 3.8) is 0 Å². The monoisotopic (exact) mass is 524 g/mol. The molecule has 3 amide bonds. The molecule has 9 heteroatoms. The second-order valence-electron chi connectivity index (χ2n) is 7.14. The molecule has 0 aliphatic carbocycles.